The Kier molecular flexibility index (Phi) is 5.01. The lowest BCUT2D eigenvalue weighted by atomic mass is 9.49. The lowest BCUT2D eigenvalue weighted by Crippen LogP contribution is -2.74. The number of carbonyl (C=O) groups excluding carboxylic acids is 1. The van der Waals surface area contributed by atoms with E-state index in [0.717, 1.165) is 0 Å². The third-order valence-corrected chi connectivity index (χ3v) is 7.06. The molecule has 0 spiro atoms. The number of nitrogens with zero attached hydrogens (tertiary/aromatic N) is 3. The molecule has 0 unspecified atom stereocenters. The largest absolute Gasteiger partial charge is 0.489 e. The topological polar surface area (TPSA) is 66.2 Å². The van der Waals surface area contributed by atoms with Crippen molar-refractivity contribution in [2.24, 2.45) is 10.8 Å². The molecule has 1 saturated carbocycles. The number of rotatable bonds is 4. The van der Waals surface area contributed by atoms with Gasteiger partial charge in [0.25, 0.3) is 5.91 Å². The lowest BCUT2D eigenvalue weighted by Gasteiger charge is -2.65. The molecule has 2 aromatic rings. The van der Waals surface area contributed by atoms with E-state index >= 15 is 0 Å². The fraction of sp³-hybridized carbons (Fsp3) is 0.458. The molecule has 0 atom stereocenters. The van der Waals surface area contributed by atoms with Crippen molar-refractivity contribution in [3.63, 3.8) is 0 Å². The number of carbonyl (C=O) groups is 1. The maximum atomic E-state index is 14.9. The zero-order valence-corrected chi connectivity index (χ0v) is 19.0. The van der Waals surface area contributed by atoms with E-state index in [1.165, 1.54) is 6.20 Å². The van der Waals surface area contributed by atoms with Crippen LogP contribution >= 0.6 is 11.6 Å². The van der Waals surface area contributed by atoms with Crippen LogP contribution in [0, 0.1) is 28.0 Å². The summed E-state index contributed by atoms with van der Waals surface area (Å²) in [5.74, 6) is 0.0193. The van der Waals surface area contributed by atoms with Gasteiger partial charge in [-0.15, -0.1) is 0 Å². The lowest BCUT2D eigenvalue weighted by molar-refractivity contribution is -0.199. The van der Waals surface area contributed by atoms with Crippen molar-refractivity contribution < 1.29 is 13.9 Å². The molecule has 1 amide bonds. The molecule has 4 rings (SSSR count). The summed E-state index contributed by atoms with van der Waals surface area (Å²) in [7, 11) is 0. The summed E-state index contributed by atoms with van der Waals surface area (Å²) in [4.78, 5) is 19.2. The van der Waals surface area contributed by atoms with Crippen LogP contribution in [-0.4, -0.2) is 27.9 Å². The first-order valence-electron chi connectivity index (χ1n) is 10.4. The summed E-state index contributed by atoms with van der Waals surface area (Å²) in [5.41, 5.74) is 0.723. The van der Waals surface area contributed by atoms with Crippen LogP contribution in [0.4, 0.5) is 4.39 Å². The number of fused-ring (bicyclic) bond motifs is 1. The third-order valence-electron chi connectivity index (χ3n) is 6.74. The molecule has 5 nitrogen and oxygen atoms in total. The molecule has 0 bridgehead atoms. The number of hydrogen-bond donors (Lipinski definition) is 0. The monoisotopic (exact) mass is 441 g/mol. The fourth-order valence-electron chi connectivity index (χ4n) is 5.75. The molecule has 2 aliphatic rings. The minimum atomic E-state index is -0.397. The van der Waals surface area contributed by atoms with Crippen LogP contribution in [0.1, 0.15) is 61.8 Å². The van der Waals surface area contributed by atoms with Crippen LogP contribution in [-0.2, 0) is 13.0 Å². The first-order chi connectivity index (χ1) is 14.5. The van der Waals surface area contributed by atoms with Gasteiger partial charge in [-0.05, 0) is 18.6 Å². The van der Waals surface area contributed by atoms with Crippen LogP contribution in [0.25, 0.3) is 0 Å². The van der Waals surface area contributed by atoms with Crippen molar-refractivity contribution in [1.29, 1.82) is 5.26 Å². The summed E-state index contributed by atoms with van der Waals surface area (Å²) in [6.07, 6.45) is 1.78. The summed E-state index contributed by atoms with van der Waals surface area (Å²) >= 11 is 6.16. The van der Waals surface area contributed by atoms with Gasteiger partial charge in [-0.1, -0.05) is 46.2 Å². The Morgan fingerprint density at radius 2 is 2.00 bits per heavy atom. The van der Waals surface area contributed by atoms with Crippen molar-refractivity contribution in [1.82, 2.24) is 9.88 Å². The normalized spacial score (nSPS) is 23.2. The fourth-order valence-corrected chi connectivity index (χ4v) is 5.96. The summed E-state index contributed by atoms with van der Waals surface area (Å²) in [5, 5.41) is 9.42. The van der Waals surface area contributed by atoms with Gasteiger partial charge in [0, 0.05) is 40.3 Å². The summed E-state index contributed by atoms with van der Waals surface area (Å²) in [6.45, 7) is 10.3. The van der Waals surface area contributed by atoms with E-state index in [1.807, 2.05) is 13.0 Å². The van der Waals surface area contributed by atoms with Gasteiger partial charge in [-0.3, -0.25) is 9.78 Å². The number of pyridine rings is 1. The second-order valence-corrected chi connectivity index (χ2v) is 9.92. The number of aromatic nitrogens is 1. The average Bonchev–Trinajstić information content (AvgIpc) is 3.03. The van der Waals surface area contributed by atoms with Gasteiger partial charge in [-0.2, -0.15) is 5.26 Å². The van der Waals surface area contributed by atoms with Gasteiger partial charge >= 0.3 is 0 Å². The Balaban J connectivity index is 1.61. The Labute approximate surface area is 186 Å². The van der Waals surface area contributed by atoms with Crippen LogP contribution in [0.15, 0.2) is 24.4 Å². The molecule has 0 N–H and O–H groups in total. The smallest absolute Gasteiger partial charge is 0.273 e. The van der Waals surface area contributed by atoms with Crippen LogP contribution < -0.4 is 4.74 Å². The van der Waals surface area contributed by atoms with Gasteiger partial charge in [-0.25, -0.2) is 4.39 Å². The number of hydrogen-bond acceptors (Lipinski definition) is 4. The first kappa shape index (κ1) is 21.6. The molecule has 1 aliphatic heterocycles. The Morgan fingerprint density at radius 1 is 1.32 bits per heavy atom. The molecule has 1 aromatic heterocycles. The quantitative estimate of drug-likeness (QED) is 0.658. The van der Waals surface area contributed by atoms with Crippen molar-refractivity contribution in [2.75, 3.05) is 0 Å². The average molecular weight is 442 g/mol. The molecule has 0 radical (unpaired) electrons. The molecule has 1 fully saturated rings. The zero-order chi connectivity index (χ0) is 22.7. The first-order valence-corrected chi connectivity index (χ1v) is 10.7. The molecule has 7 heteroatoms. The maximum absolute atomic E-state index is 14.9. The number of ether oxygens (including phenoxy) is 1. The molecular formula is C24H25ClFN3O2. The third kappa shape index (κ3) is 3.10. The molecule has 1 aromatic carbocycles. The van der Waals surface area contributed by atoms with E-state index in [1.54, 1.807) is 23.1 Å². The second kappa shape index (κ2) is 7.20. The summed E-state index contributed by atoms with van der Waals surface area (Å²) in [6, 6.07) is 6.88. The standard InChI is InChI=1S/C24H25ClFN3O2/c1-6-13-11-28-19-16(18(13)26)12-29(20(19)30)21-23(2,3)22(24(21,4)5)31-15-8-7-14(10-27)17(25)9-15/h7-9,11,21-22H,6,12H2,1-5H3/t21-,22-. The SMILES string of the molecule is CCc1cnc2c(c1F)CN([C@H]1C(C)(C)[C@H](Oc3ccc(C#N)c(Cl)c3)C1(C)C)C2=O. The van der Waals surface area contributed by atoms with Crippen LogP contribution in [0.3, 0.4) is 0 Å². The van der Waals surface area contributed by atoms with Crippen molar-refractivity contribution in [3.8, 4) is 11.8 Å². The van der Waals surface area contributed by atoms with Crippen molar-refractivity contribution >= 4 is 17.5 Å². The molecule has 162 valence electrons. The van der Waals surface area contributed by atoms with Gasteiger partial charge in [0.15, 0.2) is 0 Å². The summed E-state index contributed by atoms with van der Waals surface area (Å²) < 4.78 is 21.2. The highest BCUT2D eigenvalue weighted by Gasteiger charge is 2.67. The van der Waals surface area contributed by atoms with E-state index in [4.69, 9.17) is 21.6 Å². The van der Waals surface area contributed by atoms with E-state index in [-0.39, 0.29) is 36.1 Å². The van der Waals surface area contributed by atoms with E-state index in [0.29, 0.717) is 33.9 Å². The van der Waals surface area contributed by atoms with Gasteiger partial charge in [0.05, 0.1) is 17.1 Å². The molecule has 2 heterocycles. The molecule has 1 aliphatic carbocycles. The van der Waals surface area contributed by atoms with Crippen molar-refractivity contribution in [2.45, 2.75) is 59.7 Å². The number of benzene rings is 1. The second-order valence-electron chi connectivity index (χ2n) is 9.51. The maximum Gasteiger partial charge on any atom is 0.273 e. The number of aryl methyl sites for hydroxylation is 1. The van der Waals surface area contributed by atoms with Gasteiger partial charge in [0.1, 0.15) is 29.4 Å². The molecular weight excluding hydrogens is 417 g/mol. The Hall–Kier alpha value is -2.65. The number of halogens is 2. The van der Waals surface area contributed by atoms with Crippen LogP contribution in [0.5, 0.6) is 5.75 Å². The zero-order valence-electron chi connectivity index (χ0n) is 18.3. The van der Waals surface area contributed by atoms with E-state index in [2.05, 4.69) is 32.7 Å². The van der Waals surface area contributed by atoms with Crippen LogP contribution in [0.2, 0.25) is 5.02 Å². The minimum Gasteiger partial charge on any atom is -0.489 e. The van der Waals surface area contributed by atoms with Gasteiger partial charge < -0.3 is 9.64 Å². The molecule has 0 saturated heterocycles. The van der Waals surface area contributed by atoms with E-state index in [9.17, 15) is 9.18 Å². The minimum absolute atomic E-state index is 0.162. The highest BCUT2D eigenvalue weighted by molar-refractivity contribution is 6.31. The highest BCUT2D eigenvalue weighted by atomic mass is 35.5. The predicted molar refractivity (Wildman–Crippen MR) is 115 cm³/mol. The highest BCUT2D eigenvalue weighted by Crippen LogP contribution is 2.59. The van der Waals surface area contributed by atoms with Crippen molar-refractivity contribution in [3.05, 3.63) is 57.6 Å². The molecule has 31 heavy (non-hydrogen) atoms. The van der Waals surface area contributed by atoms with E-state index < -0.39 is 10.8 Å². The number of nitriles is 1. The Bertz CT molecular complexity index is 1110. The number of amides is 1. The van der Waals surface area contributed by atoms with Gasteiger partial charge in [0.2, 0.25) is 0 Å². The predicted octanol–water partition coefficient (Wildman–Crippen LogP) is 5.15. The Morgan fingerprint density at radius 3 is 2.58 bits per heavy atom.